The maximum atomic E-state index is 13.3. The lowest BCUT2D eigenvalue weighted by molar-refractivity contribution is -0.145. The summed E-state index contributed by atoms with van der Waals surface area (Å²) in [7, 11) is 0. The van der Waals surface area contributed by atoms with E-state index in [2.05, 4.69) is 5.10 Å². The standard InChI is InChI=1S/C14H20F3N3O2/c1-9(2)20-12(14(15,16)17)11(7-18-20)13(22)19-5-3-10(8-21)4-6-19/h7,9-10,21H,3-6,8H2,1-2H3. The van der Waals surface area contributed by atoms with E-state index in [1.807, 2.05) is 0 Å². The number of alkyl halides is 3. The average molecular weight is 319 g/mol. The third-order valence-corrected chi connectivity index (χ3v) is 3.94. The molecule has 1 aliphatic rings. The molecule has 1 aromatic rings. The van der Waals surface area contributed by atoms with Gasteiger partial charge in [0.25, 0.3) is 5.91 Å². The fourth-order valence-electron chi connectivity index (χ4n) is 2.68. The molecule has 0 spiro atoms. The van der Waals surface area contributed by atoms with Crippen LogP contribution < -0.4 is 0 Å². The molecule has 0 radical (unpaired) electrons. The summed E-state index contributed by atoms with van der Waals surface area (Å²) in [6.07, 6.45) is -2.43. The molecule has 124 valence electrons. The van der Waals surface area contributed by atoms with E-state index >= 15 is 0 Å². The minimum absolute atomic E-state index is 0.0428. The highest BCUT2D eigenvalue weighted by Crippen LogP contribution is 2.34. The van der Waals surface area contributed by atoms with Gasteiger partial charge in [-0.05, 0) is 32.6 Å². The van der Waals surface area contributed by atoms with Crippen molar-refractivity contribution in [2.24, 2.45) is 5.92 Å². The molecule has 0 saturated carbocycles. The van der Waals surface area contributed by atoms with E-state index in [1.165, 1.54) is 4.90 Å². The predicted octanol–water partition coefficient (Wildman–Crippen LogP) is 2.33. The quantitative estimate of drug-likeness (QED) is 0.930. The van der Waals surface area contributed by atoms with Crippen molar-refractivity contribution in [1.82, 2.24) is 14.7 Å². The number of aliphatic hydroxyl groups is 1. The Morgan fingerprint density at radius 1 is 1.41 bits per heavy atom. The third kappa shape index (κ3) is 3.26. The minimum atomic E-state index is -4.63. The van der Waals surface area contributed by atoms with Crippen molar-refractivity contribution in [2.45, 2.75) is 38.9 Å². The van der Waals surface area contributed by atoms with Crippen LogP contribution in [0.15, 0.2) is 6.20 Å². The number of amides is 1. The largest absolute Gasteiger partial charge is 0.433 e. The lowest BCUT2D eigenvalue weighted by Gasteiger charge is -2.31. The van der Waals surface area contributed by atoms with E-state index in [0.717, 1.165) is 10.9 Å². The number of aliphatic hydroxyl groups excluding tert-OH is 1. The summed E-state index contributed by atoms with van der Waals surface area (Å²) in [5.74, 6) is -0.528. The molecule has 0 aromatic carbocycles. The number of piperidine rings is 1. The molecule has 1 N–H and O–H groups in total. The van der Waals surface area contributed by atoms with Gasteiger partial charge in [-0.1, -0.05) is 0 Å². The molecule has 0 bridgehead atoms. The summed E-state index contributed by atoms with van der Waals surface area (Å²) in [6, 6.07) is -0.488. The molecule has 0 unspecified atom stereocenters. The van der Waals surface area contributed by atoms with Crippen LogP contribution in [-0.2, 0) is 6.18 Å². The van der Waals surface area contributed by atoms with Gasteiger partial charge in [0.1, 0.15) is 0 Å². The van der Waals surface area contributed by atoms with Crippen molar-refractivity contribution in [3.05, 3.63) is 17.5 Å². The van der Waals surface area contributed by atoms with Gasteiger partial charge in [-0.2, -0.15) is 18.3 Å². The first kappa shape index (κ1) is 16.8. The van der Waals surface area contributed by atoms with E-state index in [-0.39, 0.29) is 12.5 Å². The number of rotatable bonds is 3. The Labute approximate surface area is 126 Å². The van der Waals surface area contributed by atoms with Crippen LogP contribution in [-0.4, -0.2) is 45.4 Å². The first-order valence-corrected chi connectivity index (χ1v) is 7.30. The monoisotopic (exact) mass is 319 g/mol. The molecule has 1 fully saturated rings. The van der Waals surface area contributed by atoms with Crippen LogP contribution in [0.2, 0.25) is 0 Å². The van der Waals surface area contributed by atoms with Crippen molar-refractivity contribution in [3.63, 3.8) is 0 Å². The van der Waals surface area contributed by atoms with E-state index in [0.29, 0.717) is 25.9 Å². The Morgan fingerprint density at radius 2 is 2.00 bits per heavy atom. The summed E-state index contributed by atoms with van der Waals surface area (Å²) in [5, 5.41) is 12.8. The highest BCUT2D eigenvalue weighted by atomic mass is 19.4. The predicted molar refractivity (Wildman–Crippen MR) is 73.3 cm³/mol. The zero-order valence-corrected chi connectivity index (χ0v) is 12.6. The summed E-state index contributed by atoms with van der Waals surface area (Å²) in [5.41, 5.74) is -1.39. The number of halogens is 3. The fourth-order valence-corrected chi connectivity index (χ4v) is 2.68. The maximum Gasteiger partial charge on any atom is 0.433 e. The second kappa shape index (κ2) is 6.28. The van der Waals surface area contributed by atoms with Crippen molar-refractivity contribution >= 4 is 5.91 Å². The third-order valence-electron chi connectivity index (χ3n) is 3.94. The number of aromatic nitrogens is 2. The van der Waals surface area contributed by atoms with Crippen molar-refractivity contribution < 1.29 is 23.1 Å². The second-order valence-corrected chi connectivity index (χ2v) is 5.86. The molecule has 1 aliphatic heterocycles. The maximum absolute atomic E-state index is 13.3. The molecule has 2 rings (SSSR count). The molecule has 0 aliphatic carbocycles. The topological polar surface area (TPSA) is 58.4 Å². The molecule has 8 heteroatoms. The second-order valence-electron chi connectivity index (χ2n) is 5.86. The Hall–Kier alpha value is -1.57. The van der Waals surface area contributed by atoms with Gasteiger partial charge in [-0.25, -0.2) is 0 Å². The van der Waals surface area contributed by atoms with Crippen LogP contribution in [0, 0.1) is 5.92 Å². The zero-order valence-electron chi connectivity index (χ0n) is 12.6. The Balaban J connectivity index is 2.27. The molecule has 0 atom stereocenters. The fraction of sp³-hybridized carbons (Fsp3) is 0.714. The molecular weight excluding hydrogens is 299 g/mol. The average Bonchev–Trinajstić information content (AvgIpc) is 2.92. The summed E-state index contributed by atoms with van der Waals surface area (Å²) < 4.78 is 40.7. The summed E-state index contributed by atoms with van der Waals surface area (Å²) in [4.78, 5) is 13.8. The smallest absolute Gasteiger partial charge is 0.396 e. The highest BCUT2D eigenvalue weighted by molar-refractivity contribution is 5.95. The number of nitrogens with zero attached hydrogens (tertiary/aromatic N) is 3. The van der Waals surface area contributed by atoms with Gasteiger partial charge in [0, 0.05) is 25.7 Å². The summed E-state index contributed by atoms with van der Waals surface area (Å²) in [6.45, 7) is 3.93. The molecule has 5 nitrogen and oxygen atoms in total. The van der Waals surface area contributed by atoms with Gasteiger partial charge in [0.15, 0.2) is 5.69 Å². The van der Waals surface area contributed by atoms with Gasteiger partial charge in [0.2, 0.25) is 0 Å². The number of likely N-dealkylation sites (tertiary alicyclic amines) is 1. The van der Waals surface area contributed by atoms with Gasteiger partial charge < -0.3 is 10.0 Å². The van der Waals surface area contributed by atoms with Crippen molar-refractivity contribution in [1.29, 1.82) is 0 Å². The van der Waals surface area contributed by atoms with Gasteiger partial charge >= 0.3 is 6.18 Å². The van der Waals surface area contributed by atoms with Crippen LogP contribution in [0.25, 0.3) is 0 Å². The Kier molecular flexibility index (Phi) is 4.79. The summed E-state index contributed by atoms with van der Waals surface area (Å²) >= 11 is 0. The van der Waals surface area contributed by atoms with Crippen molar-refractivity contribution in [3.8, 4) is 0 Å². The lowest BCUT2D eigenvalue weighted by atomic mass is 9.97. The first-order valence-electron chi connectivity index (χ1n) is 7.30. The molecule has 1 aromatic heterocycles. The van der Waals surface area contributed by atoms with Crippen LogP contribution in [0.3, 0.4) is 0 Å². The van der Waals surface area contributed by atoms with Gasteiger partial charge in [-0.15, -0.1) is 0 Å². The number of carbonyl (C=O) groups is 1. The molecule has 22 heavy (non-hydrogen) atoms. The minimum Gasteiger partial charge on any atom is -0.396 e. The van der Waals surface area contributed by atoms with Crippen LogP contribution >= 0.6 is 0 Å². The molecule has 1 saturated heterocycles. The van der Waals surface area contributed by atoms with E-state index in [4.69, 9.17) is 5.11 Å². The van der Waals surface area contributed by atoms with Crippen LogP contribution in [0.4, 0.5) is 13.2 Å². The van der Waals surface area contributed by atoms with Crippen molar-refractivity contribution in [2.75, 3.05) is 19.7 Å². The highest BCUT2D eigenvalue weighted by Gasteiger charge is 2.41. The number of hydrogen-bond acceptors (Lipinski definition) is 3. The molecule has 1 amide bonds. The van der Waals surface area contributed by atoms with E-state index in [9.17, 15) is 18.0 Å². The number of carbonyl (C=O) groups excluding carboxylic acids is 1. The molecule has 2 heterocycles. The Bertz CT molecular complexity index is 532. The first-order chi connectivity index (χ1) is 10.3. The number of hydrogen-bond donors (Lipinski definition) is 1. The molecular formula is C14H20F3N3O2. The van der Waals surface area contributed by atoms with E-state index in [1.54, 1.807) is 13.8 Å². The van der Waals surface area contributed by atoms with Gasteiger partial charge in [0.05, 0.1) is 11.8 Å². The van der Waals surface area contributed by atoms with Crippen LogP contribution in [0.1, 0.15) is 48.8 Å². The SMILES string of the molecule is CC(C)n1ncc(C(=O)N2CCC(CO)CC2)c1C(F)(F)F. The zero-order chi connectivity index (χ0) is 16.5. The Morgan fingerprint density at radius 3 is 2.45 bits per heavy atom. The lowest BCUT2D eigenvalue weighted by Crippen LogP contribution is -2.40. The van der Waals surface area contributed by atoms with Gasteiger partial charge in [-0.3, -0.25) is 9.48 Å². The normalized spacial score (nSPS) is 17.3. The van der Waals surface area contributed by atoms with E-state index < -0.39 is 29.4 Å². The van der Waals surface area contributed by atoms with Crippen LogP contribution in [0.5, 0.6) is 0 Å².